The van der Waals surface area contributed by atoms with Crippen LogP contribution in [0.2, 0.25) is 0 Å². The van der Waals surface area contributed by atoms with Gasteiger partial charge in [-0.15, -0.1) is 0 Å². The van der Waals surface area contributed by atoms with Crippen LogP contribution in [-0.4, -0.2) is 60.0 Å². The molecule has 1 amide bonds. The van der Waals surface area contributed by atoms with Crippen molar-refractivity contribution in [1.29, 1.82) is 5.26 Å². The fourth-order valence-electron chi connectivity index (χ4n) is 4.15. The quantitative estimate of drug-likeness (QED) is 0.701. The van der Waals surface area contributed by atoms with Crippen molar-refractivity contribution in [3.63, 3.8) is 0 Å². The predicted octanol–water partition coefficient (Wildman–Crippen LogP) is 3.36. The van der Waals surface area contributed by atoms with Crippen LogP contribution in [0, 0.1) is 11.3 Å². The van der Waals surface area contributed by atoms with Crippen molar-refractivity contribution in [2.75, 3.05) is 42.5 Å². The maximum Gasteiger partial charge on any atom is 0.256 e. The summed E-state index contributed by atoms with van der Waals surface area (Å²) in [6.45, 7) is 8.90. The van der Waals surface area contributed by atoms with Crippen molar-refractivity contribution in [3.8, 4) is 6.07 Å². The van der Waals surface area contributed by atoms with Crippen LogP contribution in [0.4, 0.5) is 17.2 Å². The second-order valence-corrected chi connectivity index (χ2v) is 8.37. The molecule has 8 heteroatoms. The molecular weight excluding hydrogens is 400 g/mol. The fourth-order valence-corrected chi connectivity index (χ4v) is 4.39. The zero-order chi connectivity index (χ0) is 21.4. The first-order valence-corrected chi connectivity index (χ1v) is 10.5. The van der Waals surface area contributed by atoms with E-state index in [4.69, 9.17) is 17.0 Å². The molecule has 1 aromatic carbocycles. The molecule has 2 aromatic rings. The summed E-state index contributed by atoms with van der Waals surface area (Å²) in [4.78, 5) is 23.8. The first kappa shape index (κ1) is 20.5. The third kappa shape index (κ3) is 3.57. The smallest absolute Gasteiger partial charge is 0.256 e. The van der Waals surface area contributed by atoms with Crippen LogP contribution in [0.5, 0.6) is 0 Å². The lowest BCUT2D eigenvalue weighted by molar-refractivity contribution is 0.0817. The van der Waals surface area contributed by atoms with Gasteiger partial charge in [0, 0.05) is 75.0 Å². The molecule has 156 valence electrons. The van der Waals surface area contributed by atoms with E-state index in [9.17, 15) is 4.79 Å². The van der Waals surface area contributed by atoms with E-state index in [2.05, 4.69) is 34.7 Å². The van der Waals surface area contributed by atoms with E-state index in [1.54, 1.807) is 17.0 Å². The first-order chi connectivity index (χ1) is 14.4. The van der Waals surface area contributed by atoms with Crippen LogP contribution in [0.3, 0.4) is 0 Å². The Morgan fingerprint density at radius 3 is 2.50 bits per heavy atom. The average Bonchev–Trinajstić information content (AvgIpc) is 3.07. The lowest BCUT2D eigenvalue weighted by Crippen LogP contribution is -2.49. The zero-order valence-electron chi connectivity index (χ0n) is 17.5. The van der Waals surface area contributed by atoms with Crippen molar-refractivity contribution in [1.82, 2.24) is 14.8 Å². The summed E-state index contributed by atoms with van der Waals surface area (Å²) in [5.41, 5.74) is 3.82. The zero-order valence-corrected chi connectivity index (χ0v) is 18.2. The van der Waals surface area contributed by atoms with E-state index < -0.39 is 0 Å². The molecule has 0 bridgehead atoms. The molecule has 2 aliphatic rings. The van der Waals surface area contributed by atoms with Crippen molar-refractivity contribution >= 4 is 34.9 Å². The number of amides is 1. The molecule has 7 nitrogen and oxygen atoms in total. The van der Waals surface area contributed by atoms with Gasteiger partial charge in [0.05, 0.1) is 16.8 Å². The Balaban J connectivity index is 1.68. The Bertz CT molecular complexity index is 992. The summed E-state index contributed by atoms with van der Waals surface area (Å²) >= 11 is 6.61. The van der Waals surface area contributed by atoms with Crippen LogP contribution in [-0.2, 0) is 6.54 Å². The summed E-state index contributed by atoms with van der Waals surface area (Å²) in [6.07, 6.45) is 1.47. The number of hydrogen-bond donors (Lipinski definition) is 0. The number of benzene rings is 1. The van der Waals surface area contributed by atoms with Crippen molar-refractivity contribution < 1.29 is 4.79 Å². The van der Waals surface area contributed by atoms with Gasteiger partial charge in [-0.25, -0.2) is 9.40 Å². The number of halogens is 1. The average molecular weight is 425 g/mol. The van der Waals surface area contributed by atoms with Gasteiger partial charge in [0.1, 0.15) is 11.9 Å². The SMILES string of the molecule is CC(C)N1CCN(c2ccc(N(Cl)c3ccc(C#N)cn3)c3c2CN(C)C3=O)CC1. The molecule has 0 spiro atoms. The highest BCUT2D eigenvalue weighted by atomic mass is 35.5. The number of aromatic nitrogens is 1. The fraction of sp³-hybridized carbons (Fsp3) is 0.409. The lowest BCUT2D eigenvalue weighted by Gasteiger charge is -2.39. The van der Waals surface area contributed by atoms with Gasteiger partial charge in [0.15, 0.2) is 0 Å². The van der Waals surface area contributed by atoms with E-state index in [0.717, 1.165) is 37.4 Å². The first-order valence-electron chi connectivity index (χ1n) is 10.1. The number of fused-ring (bicyclic) bond motifs is 1. The highest BCUT2D eigenvalue weighted by Crippen LogP contribution is 2.40. The minimum absolute atomic E-state index is 0.0399. The Kier molecular flexibility index (Phi) is 5.54. The van der Waals surface area contributed by atoms with Gasteiger partial charge in [-0.05, 0) is 38.1 Å². The largest absolute Gasteiger partial charge is 0.369 e. The molecule has 30 heavy (non-hydrogen) atoms. The van der Waals surface area contributed by atoms with E-state index >= 15 is 0 Å². The van der Waals surface area contributed by atoms with Gasteiger partial charge in [-0.2, -0.15) is 5.26 Å². The van der Waals surface area contributed by atoms with Crippen molar-refractivity contribution in [3.05, 3.63) is 47.2 Å². The Morgan fingerprint density at radius 1 is 1.17 bits per heavy atom. The number of rotatable bonds is 4. The van der Waals surface area contributed by atoms with Gasteiger partial charge in [-0.1, -0.05) is 0 Å². The maximum absolute atomic E-state index is 13.0. The number of nitriles is 1. The number of hydrogen-bond acceptors (Lipinski definition) is 6. The molecule has 4 rings (SSSR count). The monoisotopic (exact) mass is 424 g/mol. The molecule has 0 N–H and O–H groups in total. The number of carbonyl (C=O) groups is 1. The minimum atomic E-state index is -0.0399. The van der Waals surface area contributed by atoms with Crippen LogP contribution >= 0.6 is 11.8 Å². The lowest BCUT2D eigenvalue weighted by atomic mass is 10.0. The highest BCUT2D eigenvalue weighted by Gasteiger charge is 2.34. The van der Waals surface area contributed by atoms with Crippen LogP contribution in [0.1, 0.15) is 35.3 Å². The van der Waals surface area contributed by atoms with Gasteiger partial charge in [-0.3, -0.25) is 9.69 Å². The minimum Gasteiger partial charge on any atom is -0.369 e. The van der Waals surface area contributed by atoms with Crippen LogP contribution in [0.15, 0.2) is 30.5 Å². The normalized spacial score (nSPS) is 16.7. The summed E-state index contributed by atoms with van der Waals surface area (Å²) in [5, 5.41) is 8.98. The summed E-state index contributed by atoms with van der Waals surface area (Å²) in [6, 6.07) is 9.88. The molecule has 0 atom stereocenters. The third-order valence-corrected chi connectivity index (χ3v) is 6.25. The Morgan fingerprint density at radius 2 is 1.90 bits per heavy atom. The maximum atomic E-state index is 13.0. The second-order valence-electron chi connectivity index (χ2n) is 8.03. The van der Waals surface area contributed by atoms with E-state index in [0.29, 0.717) is 35.2 Å². The van der Waals surface area contributed by atoms with Gasteiger partial charge >= 0.3 is 0 Å². The van der Waals surface area contributed by atoms with Gasteiger partial charge in [0.2, 0.25) is 0 Å². The number of pyridine rings is 1. The van der Waals surface area contributed by atoms with Gasteiger partial charge < -0.3 is 9.80 Å². The second kappa shape index (κ2) is 8.13. The van der Waals surface area contributed by atoms with E-state index in [1.807, 2.05) is 19.2 Å². The number of anilines is 3. The molecule has 0 aliphatic carbocycles. The molecule has 0 unspecified atom stereocenters. The molecule has 1 fully saturated rings. The van der Waals surface area contributed by atoms with Crippen molar-refractivity contribution in [2.24, 2.45) is 0 Å². The summed E-state index contributed by atoms with van der Waals surface area (Å²) < 4.78 is 1.40. The summed E-state index contributed by atoms with van der Waals surface area (Å²) in [5.74, 6) is 0.431. The van der Waals surface area contributed by atoms with Crippen LogP contribution < -0.4 is 9.32 Å². The molecule has 2 aliphatic heterocycles. The number of carbonyl (C=O) groups excluding carboxylic acids is 1. The van der Waals surface area contributed by atoms with E-state index in [-0.39, 0.29) is 5.91 Å². The van der Waals surface area contributed by atoms with E-state index in [1.165, 1.54) is 10.6 Å². The standard InChI is InChI=1S/C22H25ClN6O/c1-15(2)27-8-10-28(11-9-27)18-5-6-19(21-17(18)14-26(3)22(21)30)29(23)20-7-4-16(12-24)13-25-20/h4-7,13,15H,8-11,14H2,1-3H3. The van der Waals surface area contributed by atoms with Crippen molar-refractivity contribution in [2.45, 2.75) is 26.4 Å². The number of piperazine rings is 1. The molecular formula is C22H25ClN6O. The van der Waals surface area contributed by atoms with Gasteiger partial charge in [0.25, 0.3) is 5.91 Å². The molecule has 3 heterocycles. The topological polar surface area (TPSA) is 66.7 Å². The molecule has 1 aromatic heterocycles. The predicted molar refractivity (Wildman–Crippen MR) is 118 cm³/mol. The summed E-state index contributed by atoms with van der Waals surface area (Å²) in [7, 11) is 1.81. The number of nitrogens with zero attached hydrogens (tertiary/aromatic N) is 6. The highest BCUT2D eigenvalue weighted by molar-refractivity contribution is 6.30. The molecule has 0 saturated carbocycles. The molecule has 1 saturated heterocycles. The Hall–Kier alpha value is -2.82. The van der Waals surface area contributed by atoms with Crippen LogP contribution in [0.25, 0.3) is 0 Å². The third-order valence-electron chi connectivity index (χ3n) is 5.90. The Labute approximate surface area is 182 Å². The molecule has 0 radical (unpaired) electrons.